The zero-order chi connectivity index (χ0) is 10.5. The molecule has 0 N–H and O–H groups in total. The van der Waals surface area contributed by atoms with E-state index in [4.69, 9.17) is 4.74 Å². The summed E-state index contributed by atoms with van der Waals surface area (Å²) in [7, 11) is 0. The molecular formula is C12H24O. The molecule has 13 heavy (non-hydrogen) atoms. The monoisotopic (exact) mass is 184 g/mol. The first-order valence-electron chi connectivity index (χ1n) is 5.10. The van der Waals surface area contributed by atoms with Gasteiger partial charge in [0.05, 0.1) is 6.61 Å². The molecule has 0 aliphatic carbocycles. The summed E-state index contributed by atoms with van der Waals surface area (Å²) >= 11 is 0. The Labute approximate surface area is 83.5 Å². The molecule has 0 fully saturated rings. The fourth-order valence-electron chi connectivity index (χ4n) is 0.716. The van der Waals surface area contributed by atoms with Crippen molar-refractivity contribution in [3.05, 3.63) is 24.3 Å². The normalized spacial score (nSPS) is 9.54. The highest BCUT2D eigenvalue weighted by Gasteiger charge is 1.86. The van der Waals surface area contributed by atoms with E-state index in [2.05, 4.69) is 18.7 Å². The molecule has 0 saturated heterocycles. The second-order valence-corrected chi connectivity index (χ2v) is 2.72. The highest BCUT2D eigenvalue weighted by molar-refractivity contribution is 4.87. The van der Waals surface area contributed by atoms with Crippen LogP contribution in [0.5, 0.6) is 0 Å². The fourth-order valence-corrected chi connectivity index (χ4v) is 0.716. The Kier molecular flexibility index (Phi) is 16.1. The molecule has 0 atom stereocenters. The summed E-state index contributed by atoms with van der Waals surface area (Å²) in [6.07, 6.45) is 6.45. The van der Waals surface area contributed by atoms with Crippen molar-refractivity contribution in [2.75, 3.05) is 13.2 Å². The van der Waals surface area contributed by atoms with Crippen molar-refractivity contribution in [2.24, 2.45) is 0 Å². The third kappa shape index (κ3) is 18.4. The summed E-state index contributed by atoms with van der Waals surface area (Å²) in [5.74, 6) is 0. The highest BCUT2D eigenvalue weighted by atomic mass is 16.5. The van der Waals surface area contributed by atoms with Crippen molar-refractivity contribution in [1.29, 1.82) is 0 Å². The van der Waals surface area contributed by atoms with Gasteiger partial charge < -0.3 is 4.74 Å². The van der Waals surface area contributed by atoms with Crippen LogP contribution >= 0.6 is 0 Å². The first-order valence-corrected chi connectivity index (χ1v) is 5.10. The van der Waals surface area contributed by atoms with Crippen molar-refractivity contribution < 1.29 is 4.74 Å². The van der Waals surface area contributed by atoms with E-state index in [1.54, 1.807) is 0 Å². The van der Waals surface area contributed by atoms with Crippen molar-refractivity contribution >= 4 is 0 Å². The summed E-state index contributed by atoms with van der Waals surface area (Å²) in [4.78, 5) is 0. The Hall–Kier alpha value is -0.560. The van der Waals surface area contributed by atoms with Crippen molar-refractivity contribution in [3.8, 4) is 0 Å². The maximum atomic E-state index is 5.31. The number of rotatable bonds is 6. The van der Waals surface area contributed by atoms with Crippen LogP contribution in [0.1, 0.15) is 40.5 Å². The molecular weight excluding hydrogens is 160 g/mol. The number of allylic oxidation sites excluding steroid dienone is 2. The minimum atomic E-state index is 0.704. The Bertz CT molecular complexity index is 125. The summed E-state index contributed by atoms with van der Waals surface area (Å²) in [6, 6.07) is 0. The molecule has 0 aromatic heterocycles. The van der Waals surface area contributed by atoms with Gasteiger partial charge in [0.2, 0.25) is 0 Å². The largest absolute Gasteiger partial charge is 0.377 e. The van der Waals surface area contributed by atoms with E-state index in [1.165, 1.54) is 0 Å². The van der Waals surface area contributed by atoms with Crippen molar-refractivity contribution in [2.45, 2.75) is 40.5 Å². The van der Waals surface area contributed by atoms with Gasteiger partial charge in [-0.05, 0) is 26.7 Å². The second kappa shape index (κ2) is 14.0. The van der Waals surface area contributed by atoms with E-state index in [-0.39, 0.29) is 0 Å². The topological polar surface area (TPSA) is 9.23 Å². The lowest BCUT2D eigenvalue weighted by atomic mass is 10.3. The summed E-state index contributed by atoms with van der Waals surface area (Å²) in [6.45, 7) is 13.3. The van der Waals surface area contributed by atoms with Crippen molar-refractivity contribution in [1.82, 2.24) is 0 Å². The summed E-state index contributed by atoms with van der Waals surface area (Å²) in [5.41, 5.74) is 1.09. The Morgan fingerprint density at radius 2 is 2.00 bits per heavy atom. The first-order chi connectivity index (χ1) is 6.27. The number of hydrogen-bond donors (Lipinski definition) is 0. The number of ether oxygens (including phenoxy) is 1. The summed E-state index contributed by atoms with van der Waals surface area (Å²) in [5, 5.41) is 0. The van der Waals surface area contributed by atoms with Gasteiger partial charge in [-0.2, -0.15) is 0 Å². The van der Waals surface area contributed by atoms with Crippen LogP contribution < -0.4 is 0 Å². The fraction of sp³-hybridized carbons (Fsp3) is 0.667. The molecule has 0 aromatic rings. The van der Waals surface area contributed by atoms with Gasteiger partial charge in [-0.3, -0.25) is 0 Å². The maximum Gasteiger partial charge on any atom is 0.0671 e. The molecule has 1 nitrogen and oxygen atoms in total. The molecule has 1 heteroatoms. The van der Waals surface area contributed by atoms with Gasteiger partial charge in [0.15, 0.2) is 0 Å². The molecule has 0 rings (SSSR count). The van der Waals surface area contributed by atoms with Crippen molar-refractivity contribution in [3.63, 3.8) is 0 Å². The van der Waals surface area contributed by atoms with Crippen LogP contribution in [0.25, 0.3) is 0 Å². The molecule has 0 heterocycles. The van der Waals surface area contributed by atoms with Gasteiger partial charge >= 0.3 is 0 Å². The third-order valence-corrected chi connectivity index (χ3v) is 1.24. The Balaban J connectivity index is 0. The molecule has 0 bridgehead atoms. The van der Waals surface area contributed by atoms with E-state index in [0.29, 0.717) is 6.61 Å². The predicted molar refractivity (Wildman–Crippen MR) is 61.0 cm³/mol. The third-order valence-electron chi connectivity index (χ3n) is 1.24. The maximum absolute atomic E-state index is 5.31. The van der Waals surface area contributed by atoms with E-state index >= 15 is 0 Å². The minimum Gasteiger partial charge on any atom is -0.377 e. The predicted octanol–water partition coefficient (Wildman–Crippen LogP) is 3.96. The first kappa shape index (κ1) is 14.9. The SMILES string of the molecule is C=C(C)COCCC/C=C\C.CC. The van der Waals surface area contributed by atoms with Crippen LogP contribution in [-0.2, 0) is 4.74 Å². The zero-order valence-electron chi connectivity index (χ0n) is 9.60. The molecule has 0 spiro atoms. The highest BCUT2D eigenvalue weighted by Crippen LogP contribution is 1.94. The smallest absolute Gasteiger partial charge is 0.0671 e. The molecule has 0 saturated carbocycles. The molecule has 0 aliphatic heterocycles. The van der Waals surface area contributed by atoms with E-state index < -0.39 is 0 Å². The van der Waals surface area contributed by atoms with E-state index in [0.717, 1.165) is 25.0 Å². The quantitative estimate of drug-likeness (QED) is 0.448. The van der Waals surface area contributed by atoms with Crippen LogP contribution in [0.15, 0.2) is 24.3 Å². The van der Waals surface area contributed by atoms with E-state index in [1.807, 2.05) is 27.7 Å². The molecule has 0 amide bonds. The standard InChI is InChI=1S/C10H18O.C2H6/c1-4-5-6-7-8-11-9-10(2)3;1-2/h4-5H,2,6-9H2,1,3H3;1-2H3/b5-4-;. The second-order valence-electron chi connectivity index (χ2n) is 2.72. The number of unbranched alkanes of at least 4 members (excludes halogenated alkanes) is 1. The van der Waals surface area contributed by atoms with Gasteiger partial charge in [-0.1, -0.05) is 38.2 Å². The zero-order valence-corrected chi connectivity index (χ0v) is 9.60. The molecule has 78 valence electrons. The van der Waals surface area contributed by atoms with Crippen LogP contribution in [0.2, 0.25) is 0 Å². The van der Waals surface area contributed by atoms with Crippen LogP contribution in [0.4, 0.5) is 0 Å². The molecule has 0 radical (unpaired) electrons. The van der Waals surface area contributed by atoms with Crippen LogP contribution in [0, 0.1) is 0 Å². The van der Waals surface area contributed by atoms with Gasteiger partial charge in [0.1, 0.15) is 0 Å². The lowest BCUT2D eigenvalue weighted by Crippen LogP contribution is -1.96. The molecule has 0 aliphatic rings. The average molecular weight is 184 g/mol. The minimum absolute atomic E-state index is 0.704. The summed E-state index contributed by atoms with van der Waals surface area (Å²) < 4.78 is 5.31. The average Bonchev–Trinajstić information content (AvgIpc) is 2.14. The van der Waals surface area contributed by atoms with Crippen LogP contribution in [-0.4, -0.2) is 13.2 Å². The van der Waals surface area contributed by atoms with Gasteiger partial charge in [0, 0.05) is 6.61 Å². The van der Waals surface area contributed by atoms with Gasteiger partial charge in [0.25, 0.3) is 0 Å². The molecule has 0 aromatic carbocycles. The molecule has 0 unspecified atom stereocenters. The Morgan fingerprint density at radius 3 is 2.46 bits per heavy atom. The van der Waals surface area contributed by atoms with Gasteiger partial charge in [-0.15, -0.1) is 0 Å². The van der Waals surface area contributed by atoms with Gasteiger partial charge in [-0.25, -0.2) is 0 Å². The van der Waals surface area contributed by atoms with Crippen LogP contribution in [0.3, 0.4) is 0 Å². The Morgan fingerprint density at radius 1 is 1.38 bits per heavy atom. The lowest BCUT2D eigenvalue weighted by molar-refractivity contribution is 0.154. The number of hydrogen-bond acceptors (Lipinski definition) is 1. The lowest BCUT2D eigenvalue weighted by Gasteiger charge is -2.00. The van der Waals surface area contributed by atoms with E-state index in [9.17, 15) is 0 Å².